The van der Waals surface area contributed by atoms with Crippen LogP contribution in [0.5, 0.6) is 0 Å². The van der Waals surface area contributed by atoms with Gasteiger partial charge in [-0.15, -0.1) is 0 Å². The van der Waals surface area contributed by atoms with Gasteiger partial charge in [0, 0.05) is 24.0 Å². The van der Waals surface area contributed by atoms with Gasteiger partial charge in [0.05, 0.1) is 0 Å². The molecule has 1 unspecified atom stereocenters. The van der Waals surface area contributed by atoms with Gasteiger partial charge in [-0.2, -0.15) is 0 Å². The highest BCUT2D eigenvalue weighted by Crippen LogP contribution is 2.31. The SMILES string of the molecule is CC(C(=O)NC1CC1)N1CCCc2ccc(N)cc21. The number of carbonyl (C=O) groups is 1. The lowest BCUT2D eigenvalue weighted by Crippen LogP contribution is -2.47. The van der Waals surface area contributed by atoms with Crippen molar-refractivity contribution < 1.29 is 4.79 Å². The van der Waals surface area contributed by atoms with E-state index in [-0.39, 0.29) is 11.9 Å². The maximum absolute atomic E-state index is 12.2. The van der Waals surface area contributed by atoms with Gasteiger partial charge >= 0.3 is 0 Å². The van der Waals surface area contributed by atoms with Gasteiger partial charge in [-0.05, 0) is 50.3 Å². The molecule has 102 valence electrons. The molecule has 1 aliphatic heterocycles. The highest BCUT2D eigenvalue weighted by Gasteiger charge is 2.30. The van der Waals surface area contributed by atoms with Gasteiger partial charge in [-0.3, -0.25) is 4.79 Å². The number of carbonyl (C=O) groups excluding carboxylic acids is 1. The molecule has 1 aromatic rings. The van der Waals surface area contributed by atoms with Crippen LogP contribution >= 0.6 is 0 Å². The van der Waals surface area contributed by atoms with Gasteiger partial charge in [-0.25, -0.2) is 0 Å². The Labute approximate surface area is 114 Å². The largest absolute Gasteiger partial charge is 0.399 e. The number of fused-ring (bicyclic) bond motifs is 1. The number of nitrogen functional groups attached to an aromatic ring is 1. The van der Waals surface area contributed by atoms with Crippen molar-refractivity contribution in [2.45, 2.75) is 44.7 Å². The van der Waals surface area contributed by atoms with E-state index < -0.39 is 0 Å². The molecule has 1 heterocycles. The molecule has 19 heavy (non-hydrogen) atoms. The summed E-state index contributed by atoms with van der Waals surface area (Å²) in [5.41, 5.74) is 9.08. The third-order valence-corrected chi connectivity index (χ3v) is 4.03. The van der Waals surface area contributed by atoms with Gasteiger partial charge < -0.3 is 16.0 Å². The number of rotatable bonds is 3. The fourth-order valence-electron chi connectivity index (χ4n) is 2.71. The standard InChI is InChI=1S/C15H21N3O/c1-10(15(19)17-13-6-7-13)18-8-2-3-11-4-5-12(16)9-14(11)18/h4-5,9-10,13H,2-3,6-8,16H2,1H3,(H,17,19). The maximum Gasteiger partial charge on any atom is 0.242 e. The number of aryl methyl sites for hydroxylation is 1. The molecule has 0 aromatic heterocycles. The van der Waals surface area contributed by atoms with Crippen LogP contribution in [0.3, 0.4) is 0 Å². The Hall–Kier alpha value is -1.71. The number of anilines is 2. The minimum Gasteiger partial charge on any atom is -0.399 e. The molecule has 0 spiro atoms. The molecule has 1 saturated carbocycles. The molecule has 0 bridgehead atoms. The minimum atomic E-state index is -0.124. The summed E-state index contributed by atoms with van der Waals surface area (Å²) < 4.78 is 0. The number of nitrogens with one attached hydrogen (secondary N) is 1. The van der Waals surface area contributed by atoms with E-state index in [1.807, 2.05) is 19.1 Å². The normalized spacial score (nSPS) is 19.7. The van der Waals surface area contributed by atoms with Gasteiger partial charge in [0.15, 0.2) is 0 Å². The van der Waals surface area contributed by atoms with Crippen LogP contribution in [0.1, 0.15) is 31.7 Å². The number of nitrogens with two attached hydrogens (primary N) is 1. The smallest absolute Gasteiger partial charge is 0.242 e. The summed E-state index contributed by atoms with van der Waals surface area (Å²) in [7, 11) is 0. The van der Waals surface area contributed by atoms with E-state index in [0.29, 0.717) is 6.04 Å². The third kappa shape index (κ3) is 2.53. The fourth-order valence-corrected chi connectivity index (χ4v) is 2.71. The van der Waals surface area contributed by atoms with Crippen molar-refractivity contribution in [2.75, 3.05) is 17.2 Å². The van der Waals surface area contributed by atoms with Crippen LogP contribution in [-0.2, 0) is 11.2 Å². The van der Waals surface area contributed by atoms with Crippen LogP contribution in [0.15, 0.2) is 18.2 Å². The highest BCUT2D eigenvalue weighted by atomic mass is 16.2. The Bertz CT molecular complexity index is 496. The van der Waals surface area contributed by atoms with Crippen molar-refractivity contribution in [2.24, 2.45) is 0 Å². The molecule has 3 rings (SSSR count). The van der Waals surface area contributed by atoms with Gasteiger partial charge in [0.25, 0.3) is 0 Å². The average Bonchev–Trinajstić information content (AvgIpc) is 3.21. The summed E-state index contributed by atoms with van der Waals surface area (Å²) in [6.45, 7) is 2.91. The van der Waals surface area contributed by atoms with E-state index in [0.717, 1.165) is 43.6 Å². The average molecular weight is 259 g/mol. The van der Waals surface area contributed by atoms with Crippen molar-refractivity contribution in [3.05, 3.63) is 23.8 Å². The Balaban J connectivity index is 1.81. The Morgan fingerprint density at radius 2 is 2.26 bits per heavy atom. The van der Waals surface area contributed by atoms with Crippen LogP contribution in [0.25, 0.3) is 0 Å². The molecule has 1 fully saturated rings. The van der Waals surface area contributed by atoms with E-state index in [1.54, 1.807) is 0 Å². The molecule has 3 N–H and O–H groups in total. The molecular formula is C15H21N3O. The molecule has 1 aliphatic carbocycles. The van der Waals surface area contributed by atoms with Crippen molar-refractivity contribution >= 4 is 17.3 Å². The monoisotopic (exact) mass is 259 g/mol. The summed E-state index contributed by atoms with van der Waals surface area (Å²) in [4.78, 5) is 14.4. The number of hydrogen-bond donors (Lipinski definition) is 2. The molecule has 0 radical (unpaired) electrons. The van der Waals surface area contributed by atoms with E-state index in [9.17, 15) is 4.79 Å². The fraction of sp³-hybridized carbons (Fsp3) is 0.533. The summed E-state index contributed by atoms with van der Waals surface area (Å²) in [6, 6.07) is 6.32. The molecular weight excluding hydrogens is 238 g/mol. The van der Waals surface area contributed by atoms with E-state index in [4.69, 9.17) is 5.73 Å². The number of hydrogen-bond acceptors (Lipinski definition) is 3. The lowest BCUT2D eigenvalue weighted by molar-refractivity contribution is -0.122. The van der Waals surface area contributed by atoms with Crippen LogP contribution in [0, 0.1) is 0 Å². The highest BCUT2D eigenvalue weighted by molar-refractivity contribution is 5.86. The third-order valence-electron chi connectivity index (χ3n) is 4.03. The minimum absolute atomic E-state index is 0.124. The van der Waals surface area contributed by atoms with Crippen LogP contribution in [0.2, 0.25) is 0 Å². The van der Waals surface area contributed by atoms with E-state index in [2.05, 4.69) is 16.3 Å². The summed E-state index contributed by atoms with van der Waals surface area (Å²) in [6.07, 6.45) is 4.42. The second-order valence-electron chi connectivity index (χ2n) is 5.64. The van der Waals surface area contributed by atoms with Gasteiger partial charge in [0.2, 0.25) is 5.91 Å². The van der Waals surface area contributed by atoms with E-state index in [1.165, 1.54) is 5.56 Å². The van der Waals surface area contributed by atoms with Crippen molar-refractivity contribution in [3.8, 4) is 0 Å². The van der Waals surface area contributed by atoms with Gasteiger partial charge in [0.1, 0.15) is 6.04 Å². The Morgan fingerprint density at radius 3 is 3.00 bits per heavy atom. The van der Waals surface area contributed by atoms with Crippen molar-refractivity contribution in [1.29, 1.82) is 0 Å². The van der Waals surface area contributed by atoms with Crippen LogP contribution in [0.4, 0.5) is 11.4 Å². The summed E-state index contributed by atoms with van der Waals surface area (Å²) in [5.74, 6) is 0.137. The number of amides is 1. The predicted molar refractivity (Wildman–Crippen MR) is 77.1 cm³/mol. The zero-order valence-corrected chi connectivity index (χ0v) is 11.4. The first-order valence-electron chi connectivity index (χ1n) is 7.10. The van der Waals surface area contributed by atoms with Gasteiger partial charge in [-0.1, -0.05) is 6.07 Å². The summed E-state index contributed by atoms with van der Waals surface area (Å²) >= 11 is 0. The second kappa shape index (κ2) is 4.76. The molecule has 1 amide bonds. The quantitative estimate of drug-likeness (QED) is 0.812. The lowest BCUT2D eigenvalue weighted by Gasteiger charge is -2.35. The van der Waals surface area contributed by atoms with Crippen molar-refractivity contribution in [1.82, 2.24) is 5.32 Å². The maximum atomic E-state index is 12.2. The van der Waals surface area contributed by atoms with E-state index >= 15 is 0 Å². The first-order valence-corrected chi connectivity index (χ1v) is 7.10. The first kappa shape index (κ1) is 12.3. The predicted octanol–water partition coefficient (Wildman–Crippen LogP) is 1.69. The molecule has 4 nitrogen and oxygen atoms in total. The lowest BCUT2D eigenvalue weighted by atomic mass is 9.99. The molecule has 0 saturated heterocycles. The zero-order chi connectivity index (χ0) is 13.4. The van der Waals surface area contributed by atoms with Crippen molar-refractivity contribution in [3.63, 3.8) is 0 Å². The topological polar surface area (TPSA) is 58.4 Å². The number of benzene rings is 1. The summed E-state index contributed by atoms with van der Waals surface area (Å²) in [5, 5.41) is 3.08. The number of nitrogens with zero attached hydrogens (tertiary/aromatic N) is 1. The molecule has 2 aliphatic rings. The molecule has 1 atom stereocenters. The van der Waals surface area contributed by atoms with Crippen LogP contribution in [-0.4, -0.2) is 24.5 Å². The molecule has 1 aromatic carbocycles. The first-order chi connectivity index (χ1) is 9.15. The Morgan fingerprint density at radius 1 is 1.47 bits per heavy atom. The van der Waals surface area contributed by atoms with Crippen LogP contribution < -0.4 is 16.0 Å². The Kier molecular flexibility index (Phi) is 3.09. The zero-order valence-electron chi connectivity index (χ0n) is 11.4. The molecule has 4 heteroatoms. The second-order valence-corrected chi connectivity index (χ2v) is 5.64.